The molecule has 0 atom stereocenters. The molecule has 0 saturated heterocycles. The molecule has 0 bridgehead atoms. The van der Waals surface area contributed by atoms with E-state index in [0.29, 0.717) is 23.3 Å². The summed E-state index contributed by atoms with van der Waals surface area (Å²) < 4.78 is 17.2. The molecule has 0 aliphatic heterocycles. The minimum absolute atomic E-state index is 0.139. The molecule has 2 heterocycles. The highest BCUT2D eigenvalue weighted by atomic mass is 16.5. The van der Waals surface area contributed by atoms with E-state index in [1.54, 1.807) is 7.11 Å². The average molecular weight is 426 g/mol. The van der Waals surface area contributed by atoms with Crippen molar-refractivity contribution in [3.63, 3.8) is 0 Å². The summed E-state index contributed by atoms with van der Waals surface area (Å²) in [5.41, 5.74) is 4.95. The first kappa shape index (κ1) is 19.8. The number of hydrogen-bond donors (Lipinski definition) is 1. The van der Waals surface area contributed by atoms with Crippen LogP contribution >= 0.6 is 0 Å². The first-order valence-electron chi connectivity index (χ1n) is 10.4. The molecule has 0 radical (unpaired) electrons. The maximum atomic E-state index is 5.90. The Bertz CT molecular complexity index is 1320. The van der Waals surface area contributed by atoms with Crippen LogP contribution in [0.3, 0.4) is 0 Å². The predicted octanol–water partition coefficient (Wildman–Crippen LogP) is 5.43. The van der Waals surface area contributed by atoms with E-state index in [9.17, 15) is 0 Å². The van der Waals surface area contributed by atoms with Gasteiger partial charge in [-0.05, 0) is 54.4 Å². The number of para-hydroxylation sites is 2. The molecule has 1 N–H and O–H groups in total. The second kappa shape index (κ2) is 8.55. The third-order valence-corrected chi connectivity index (χ3v) is 5.25. The summed E-state index contributed by atoms with van der Waals surface area (Å²) in [5.74, 6) is 2.81. The number of aryl methyl sites for hydroxylation is 1. The van der Waals surface area contributed by atoms with Crippen LogP contribution in [0.4, 0.5) is 0 Å². The van der Waals surface area contributed by atoms with Gasteiger partial charge < -0.3 is 18.9 Å². The number of hydrogen-bond acceptors (Lipinski definition) is 6. The lowest BCUT2D eigenvalue weighted by Crippen LogP contribution is -1.98. The summed E-state index contributed by atoms with van der Waals surface area (Å²) in [6.45, 7) is 2.26. The molecule has 7 heteroatoms. The van der Waals surface area contributed by atoms with Gasteiger partial charge in [0, 0.05) is 11.1 Å². The highest BCUT2D eigenvalue weighted by molar-refractivity contribution is 5.79. The standard InChI is InChI=1S/C25H22N4O3/c1-3-16-8-10-17(11-9-16)25-29-28-23(32-25)15-31-21-13-12-18(14-22(21)30-2)24-26-19-6-4-5-7-20(19)27-24/h4-14H,3,15H2,1-2H3,(H,26,27). The van der Waals surface area contributed by atoms with Gasteiger partial charge in [0.15, 0.2) is 18.1 Å². The van der Waals surface area contributed by atoms with Crippen LogP contribution in [-0.2, 0) is 13.0 Å². The summed E-state index contributed by atoms with van der Waals surface area (Å²) in [4.78, 5) is 7.96. The van der Waals surface area contributed by atoms with Gasteiger partial charge in [-0.3, -0.25) is 0 Å². The van der Waals surface area contributed by atoms with Crippen LogP contribution < -0.4 is 9.47 Å². The van der Waals surface area contributed by atoms with Crippen molar-refractivity contribution in [1.29, 1.82) is 0 Å². The van der Waals surface area contributed by atoms with Crippen molar-refractivity contribution in [2.45, 2.75) is 20.0 Å². The van der Waals surface area contributed by atoms with Crippen molar-refractivity contribution in [2.75, 3.05) is 7.11 Å². The highest BCUT2D eigenvalue weighted by Gasteiger charge is 2.13. The van der Waals surface area contributed by atoms with E-state index in [2.05, 4.69) is 39.2 Å². The minimum Gasteiger partial charge on any atom is -0.493 e. The molecule has 3 aromatic carbocycles. The van der Waals surface area contributed by atoms with E-state index in [4.69, 9.17) is 13.9 Å². The van der Waals surface area contributed by atoms with Crippen molar-refractivity contribution >= 4 is 11.0 Å². The second-order valence-electron chi connectivity index (χ2n) is 7.31. The van der Waals surface area contributed by atoms with Crippen LogP contribution in [0.25, 0.3) is 33.9 Å². The number of imidazole rings is 1. The van der Waals surface area contributed by atoms with Gasteiger partial charge in [0.25, 0.3) is 5.89 Å². The predicted molar refractivity (Wildman–Crippen MR) is 122 cm³/mol. The number of benzene rings is 3. The van der Waals surface area contributed by atoms with Crippen LogP contribution in [-0.4, -0.2) is 27.3 Å². The zero-order valence-corrected chi connectivity index (χ0v) is 17.8. The molecule has 32 heavy (non-hydrogen) atoms. The maximum Gasteiger partial charge on any atom is 0.254 e. The molecular formula is C25H22N4O3. The number of methoxy groups -OCH3 is 1. The van der Waals surface area contributed by atoms with Gasteiger partial charge >= 0.3 is 0 Å². The molecule has 7 nitrogen and oxygen atoms in total. The van der Waals surface area contributed by atoms with Crippen molar-refractivity contribution in [1.82, 2.24) is 20.2 Å². The number of aromatic nitrogens is 4. The van der Waals surface area contributed by atoms with Crippen molar-refractivity contribution in [2.24, 2.45) is 0 Å². The molecule has 0 amide bonds. The van der Waals surface area contributed by atoms with E-state index in [1.807, 2.05) is 54.6 Å². The van der Waals surface area contributed by atoms with Crippen LogP contribution in [0, 0.1) is 0 Å². The Kier molecular flexibility index (Phi) is 5.29. The Morgan fingerprint density at radius 1 is 0.906 bits per heavy atom. The van der Waals surface area contributed by atoms with Gasteiger partial charge in [0.1, 0.15) is 5.82 Å². The van der Waals surface area contributed by atoms with Gasteiger partial charge in [-0.15, -0.1) is 10.2 Å². The van der Waals surface area contributed by atoms with Gasteiger partial charge in [-0.1, -0.05) is 31.2 Å². The van der Waals surface area contributed by atoms with Crippen LogP contribution in [0.2, 0.25) is 0 Å². The summed E-state index contributed by atoms with van der Waals surface area (Å²) >= 11 is 0. The summed E-state index contributed by atoms with van der Waals surface area (Å²) in [6, 6.07) is 21.7. The second-order valence-corrected chi connectivity index (χ2v) is 7.31. The van der Waals surface area contributed by atoms with E-state index in [1.165, 1.54) is 5.56 Å². The third kappa shape index (κ3) is 3.92. The number of fused-ring (bicyclic) bond motifs is 1. The molecule has 0 fully saturated rings. The number of rotatable bonds is 7. The molecule has 0 saturated carbocycles. The van der Waals surface area contributed by atoms with Gasteiger partial charge in [0.05, 0.1) is 18.1 Å². The Morgan fingerprint density at radius 2 is 1.72 bits per heavy atom. The van der Waals surface area contributed by atoms with E-state index < -0.39 is 0 Å². The van der Waals surface area contributed by atoms with Gasteiger partial charge in [-0.25, -0.2) is 4.98 Å². The van der Waals surface area contributed by atoms with Gasteiger partial charge in [0.2, 0.25) is 5.89 Å². The lowest BCUT2D eigenvalue weighted by molar-refractivity contribution is 0.251. The number of aromatic amines is 1. The maximum absolute atomic E-state index is 5.90. The zero-order valence-electron chi connectivity index (χ0n) is 17.8. The summed E-state index contributed by atoms with van der Waals surface area (Å²) in [6.07, 6.45) is 0.986. The fourth-order valence-corrected chi connectivity index (χ4v) is 3.47. The highest BCUT2D eigenvalue weighted by Crippen LogP contribution is 2.33. The summed E-state index contributed by atoms with van der Waals surface area (Å²) in [5, 5.41) is 8.23. The molecule has 5 aromatic rings. The fourth-order valence-electron chi connectivity index (χ4n) is 3.47. The molecule has 5 rings (SSSR count). The van der Waals surface area contributed by atoms with Crippen molar-refractivity contribution in [3.8, 4) is 34.3 Å². The number of ether oxygens (including phenoxy) is 2. The smallest absolute Gasteiger partial charge is 0.254 e. The van der Waals surface area contributed by atoms with Crippen molar-refractivity contribution < 1.29 is 13.9 Å². The van der Waals surface area contributed by atoms with Crippen LogP contribution in [0.15, 0.2) is 71.1 Å². The molecule has 0 aliphatic rings. The minimum atomic E-state index is 0.139. The molecule has 0 aliphatic carbocycles. The molecule has 0 unspecified atom stereocenters. The Labute approximate surface area is 185 Å². The Morgan fingerprint density at radius 3 is 2.50 bits per heavy atom. The van der Waals surface area contributed by atoms with E-state index in [-0.39, 0.29) is 6.61 Å². The van der Waals surface area contributed by atoms with E-state index >= 15 is 0 Å². The van der Waals surface area contributed by atoms with E-state index in [0.717, 1.165) is 34.4 Å². The number of nitrogens with one attached hydrogen (secondary N) is 1. The van der Waals surface area contributed by atoms with Gasteiger partial charge in [-0.2, -0.15) is 0 Å². The lowest BCUT2D eigenvalue weighted by Gasteiger charge is -2.10. The summed E-state index contributed by atoms with van der Waals surface area (Å²) in [7, 11) is 1.61. The van der Waals surface area contributed by atoms with Crippen LogP contribution in [0.5, 0.6) is 11.5 Å². The number of H-pyrrole nitrogens is 1. The fraction of sp³-hybridized carbons (Fsp3) is 0.160. The largest absolute Gasteiger partial charge is 0.493 e. The molecule has 160 valence electrons. The number of nitrogens with zero attached hydrogens (tertiary/aromatic N) is 3. The quantitative estimate of drug-likeness (QED) is 0.373. The van der Waals surface area contributed by atoms with Crippen LogP contribution in [0.1, 0.15) is 18.4 Å². The first-order chi connectivity index (χ1) is 15.7. The normalized spacial score (nSPS) is 11.1. The molecule has 2 aromatic heterocycles. The monoisotopic (exact) mass is 426 g/mol. The lowest BCUT2D eigenvalue weighted by atomic mass is 10.1. The van der Waals surface area contributed by atoms with Crippen molar-refractivity contribution in [3.05, 3.63) is 78.2 Å². The first-order valence-corrected chi connectivity index (χ1v) is 10.4. The Balaban J connectivity index is 1.31. The SMILES string of the molecule is CCc1ccc(-c2nnc(COc3ccc(-c4nc5ccccc5[nH]4)cc3OC)o2)cc1. The Hall–Kier alpha value is -4.13. The zero-order chi connectivity index (χ0) is 21.9. The average Bonchev–Trinajstić information content (AvgIpc) is 3.50. The molecule has 0 spiro atoms. The topological polar surface area (TPSA) is 86.1 Å². The molecular weight excluding hydrogens is 404 g/mol. The third-order valence-electron chi connectivity index (χ3n) is 5.25.